The van der Waals surface area contributed by atoms with Crippen LogP contribution in [0, 0.1) is 0 Å². The van der Waals surface area contributed by atoms with Crippen molar-refractivity contribution >= 4 is 22.0 Å². The van der Waals surface area contributed by atoms with Crippen LogP contribution in [0.15, 0.2) is 29.3 Å². The molecule has 0 aliphatic carbocycles. The normalized spacial score (nSPS) is 14.9. The van der Waals surface area contributed by atoms with E-state index < -0.39 is 0 Å². The van der Waals surface area contributed by atoms with E-state index in [0.29, 0.717) is 36.9 Å². The van der Waals surface area contributed by atoms with Crippen molar-refractivity contribution in [3.8, 4) is 17.2 Å². The molecule has 2 rings (SSSR count). The minimum atomic E-state index is -0.0797. The first-order valence-electron chi connectivity index (χ1n) is 7.78. The van der Waals surface area contributed by atoms with Crippen LogP contribution in [0.5, 0.6) is 17.2 Å². The molecule has 1 aliphatic heterocycles. The van der Waals surface area contributed by atoms with E-state index in [1.807, 2.05) is 18.2 Å². The first-order valence-corrected chi connectivity index (χ1v) is 8.58. The van der Waals surface area contributed by atoms with Gasteiger partial charge in [-0.25, -0.2) is 4.79 Å². The Morgan fingerprint density at radius 3 is 2.38 bits per heavy atom. The number of carbonyl (C=O) groups is 1. The maximum absolute atomic E-state index is 12.0. The second-order valence-corrected chi connectivity index (χ2v) is 6.59. The van der Waals surface area contributed by atoms with Crippen LogP contribution in [-0.2, 0) is 0 Å². The Balaban J connectivity index is 1.92. The minimum absolute atomic E-state index is 0.0189. The van der Waals surface area contributed by atoms with Crippen molar-refractivity contribution in [1.29, 1.82) is 0 Å². The highest BCUT2D eigenvalue weighted by Crippen LogP contribution is 2.38. The average molecular weight is 399 g/mol. The van der Waals surface area contributed by atoms with E-state index in [4.69, 9.17) is 14.2 Å². The molecule has 0 spiro atoms. The molecule has 1 N–H and O–H groups in total. The first kappa shape index (κ1) is 18.4. The molecule has 0 aromatic heterocycles. The van der Waals surface area contributed by atoms with E-state index in [1.165, 1.54) is 0 Å². The molecule has 7 heteroatoms. The number of rotatable bonds is 6. The number of carbonyl (C=O) groups excluding carboxylic acids is 1. The number of nitrogens with zero attached hydrogens (tertiary/aromatic N) is 1. The fourth-order valence-corrected chi connectivity index (χ4v) is 2.70. The summed E-state index contributed by atoms with van der Waals surface area (Å²) in [6.07, 6.45) is 1.53. The van der Waals surface area contributed by atoms with Crippen molar-refractivity contribution in [3.63, 3.8) is 0 Å². The lowest BCUT2D eigenvalue weighted by Crippen LogP contribution is -2.46. The fraction of sp³-hybridized carbons (Fsp3) is 0.471. The monoisotopic (exact) mass is 398 g/mol. The van der Waals surface area contributed by atoms with Crippen molar-refractivity contribution in [2.24, 2.45) is 0 Å². The summed E-state index contributed by atoms with van der Waals surface area (Å²) in [5.41, 5.74) is 0. The second kappa shape index (κ2) is 8.82. The number of nitrogens with one attached hydrogen (secondary N) is 1. The molecule has 1 aliphatic rings. The number of likely N-dealkylation sites (tertiary alicyclic amines) is 1. The molecule has 0 saturated carbocycles. The summed E-state index contributed by atoms with van der Waals surface area (Å²) >= 11 is 3.23. The molecule has 1 fully saturated rings. The minimum Gasteiger partial charge on any atom is -0.493 e. The SMILES string of the molecule is C=C(Br)CNC(=O)N1CCC(Oc2c(OC)cccc2OC)CC1. The van der Waals surface area contributed by atoms with Gasteiger partial charge in [-0.2, -0.15) is 0 Å². The van der Waals surface area contributed by atoms with Gasteiger partial charge in [0, 0.05) is 30.4 Å². The summed E-state index contributed by atoms with van der Waals surface area (Å²) in [5.74, 6) is 1.90. The van der Waals surface area contributed by atoms with Gasteiger partial charge in [-0.1, -0.05) is 28.6 Å². The van der Waals surface area contributed by atoms with E-state index in [9.17, 15) is 4.79 Å². The lowest BCUT2D eigenvalue weighted by Gasteiger charge is -2.32. The number of hydrogen-bond donors (Lipinski definition) is 1. The number of benzene rings is 1. The summed E-state index contributed by atoms with van der Waals surface area (Å²) in [5, 5.41) is 2.81. The van der Waals surface area contributed by atoms with Gasteiger partial charge in [-0.15, -0.1) is 0 Å². The highest BCUT2D eigenvalue weighted by Gasteiger charge is 2.25. The summed E-state index contributed by atoms with van der Waals surface area (Å²) in [4.78, 5) is 13.8. The van der Waals surface area contributed by atoms with Crippen LogP contribution in [0.2, 0.25) is 0 Å². The molecule has 1 saturated heterocycles. The Labute approximate surface area is 150 Å². The van der Waals surface area contributed by atoms with Gasteiger partial charge in [0.05, 0.1) is 20.8 Å². The zero-order valence-corrected chi connectivity index (χ0v) is 15.6. The Kier molecular flexibility index (Phi) is 6.78. The van der Waals surface area contributed by atoms with E-state index >= 15 is 0 Å². The molecule has 6 nitrogen and oxygen atoms in total. The van der Waals surface area contributed by atoms with Crippen molar-refractivity contribution in [2.45, 2.75) is 18.9 Å². The lowest BCUT2D eigenvalue weighted by atomic mass is 10.1. The van der Waals surface area contributed by atoms with E-state index in [-0.39, 0.29) is 12.1 Å². The number of urea groups is 1. The third-order valence-electron chi connectivity index (χ3n) is 3.83. The third-order valence-corrected chi connectivity index (χ3v) is 4.11. The highest BCUT2D eigenvalue weighted by atomic mass is 79.9. The van der Waals surface area contributed by atoms with Gasteiger partial charge >= 0.3 is 6.03 Å². The second-order valence-electron chi connectivity index (χ2n) is 5.47. The molecule has 1 aromatic rings. The number of para-hydroxylation sites is 1. The molecular weight excluding hydrogens is 376 g/mol. The zero-order chi connectivity index (χ0) is 17.5. The molecule has 1 aromatic carbocycles. The van der Waals surface area contributed by atoms with Gasteiger partial charge in [0.1, 0.15) is 6.10 Å². The van der Waals surface area contributed by atoms with Crippen LogP contribution in [-0.4, -0.2) is 50.9 Å². The molecule has 132 valence electrons. The molecule has 24 heavy (non-hydrogen) atoms. The number of methoxy groups -OCH3 is 2. The van der Waals surface area contributed by atoms with E-state index in [1.54, 1.807) is 19.1 Å². The molecule has 0 atom stereocenters. The summed E-state index contributed by atoms with van der Waals surface area (Å²) < 4.78 is 17.5. The van der Waals surface area contributed by atoms with Crippen molar-refractivity contribution in [1.82, 2.24) is 10.2 Å². The molecule has 0 unspecified atom stereocenters. The summed E-state index contributed by atoms with van der Waals surface area (Å²) in [6, 6.07) is 5.46. The predicted octanol–water partition coefficient (Wildman–Crippen LogP) is 3.17. The Bertz CT molecular complexity index is 564. The predicted molar refractivity (Wildman–Crippen MR) is 96.2 cm³/mol. The van der Waals surface area contributed by atoms with Gasteiger partial charge in [0.25, 0.3) is 0 Å². The van der Waals surface area contributed by atoms with Crippen LogP contribution in [0.3, 0.4) is 0 Å². The van der Waals surface area contributed by atoms with Gasteiger partial charge in [-0.05, 0) is 12.1 Å². The van der Waals surface area contributed by atoms with Crippen molar-refractivity contribution < 1.29 is 19.0 Å². The molecular formula is C17H23BrN2O4. The smallest absolute Gasteiger partial charge is 0.317 e. The zero-order valence-electron chi connectivity index (χ0n) is 14.0. The van der Waals surface area contributed by atoms with Gasteiger partial charge in [0.2, 0.25) is 5.75 Å². The first-order chi connectivity index (χ1) is 11.5. The summed E-state index contributed by atoms with van der Waals surface area (Å²) in [6.45, 7) is 5.41. The number of piperidine rings is 1. The maximum atomic E-state index is 12.0. The Morgan fingerprint density at radius 1 is 1.29 bits per heavy atom. The van der Waals surface area contributed by atoms with E-state index in [2.05, 4.69) is 27.8 Å². The van der Waals surface area contributed by atoms with Crippen LogP contribution < -0.4 is 19.5 Å². The number of ether oxygens (including phenoxy) is 3. The van der Waals surface area contributed by atoms with Crippen molar-refractivity contribution in [2.75, 3.05) is 33.9 Å². The van der Waals surface area contributed by atoms with E-state index in [0.717, 1.165) is 17.3 Å². The molecule has 0 radical (unpaired) electrons. The average Bonchev–Trinajstić information content (AvgIpc) is 2.60. The maximum Gasteiger partial charge on any atom is 0.317 e. The largest absolute Gasteiger partial charge is 0.493 e. The van der Waals surface area contributed by atoms with Crippen LogP contribution in [0.4, 0.5) is 4.79 Å². The van der Waals surface area contributed by atoms with Crippen LogP contribution in [0.1, 0.15) is 12.8 Å². The van der Waals surface area contributed by atoms with Gasteiger partial charge in [0.15, 0.2) is 11.5 Å². The highest BCUT2D eigenvalue weighted by molar-refractivity contribution is 9.11. The fourth-order valence-electron chi connectivity index (χ4n) is 2.56. The molecule has 2 amide bonds. The number of amides is 2. The van der Waals surface area contributed by atoms with Crippen LogP contribution >= 0.6 is 15.9 Å². The van der Waals surface area contributed by atoms with Crippen molar-refractivity contribution in [3.05, 3.63) is 29.3 Å². The van der Waals surface area contributed by atoms with Crippen LogP contribution in [0.25, 0.3) is 0 Å². The number of halogens is 1. The van der Waals surface area contributed by atoms with Gasteiger partial charge < -0.3 is 24.4 Å². The Morgan fingerprint density at radius 2 is 1.88 bits per heavy atom. The quantitative estimate of drug-likeness (QED) is 0.799. The molecule has 1 heterocycles. The summed E-state index contributed by atoms with van der Waals surface area (Å²) in [7, 11) is 3.21. The topological polar surface area (TPSA) is 60.0 Å². The standard InChI is InChI=1S/C17H23BrN2O4/c1-12(18)11-19-17(21)20-9-7-13(8-10-20)24-16-14(22-2)5-4-6-15(16)23-3/h4-6,13H,1,7-11H2,2-3H3,(H,19,21). The van der Waals surface area contributed by atoms with Gasteiger partial charge in [-0.3, -0.25) is 0 Å². The molecule has 0 bridgehead atoms. The third kappa shape index (κ3) is 4.80. The lowest BCUT2D eigenvalue weighted by molar-refractivity contribution is 0.106. The number of hydrogen-bond acceptors (Lipinski definition) is 4. The Hall–Kier alpha value is -1.89.